The van der Waals surface area contributed by atoms with E-state index in [1.807, 2.05) is 43.4 Å². The number of carbonyl (C=O) groups is 1. The number of ether oxygens (including phenoxy) is 1. The van der Waals surface area contributed by atoms with Crippen LogP contribution in [0.25, 0.3) is 0 Å². The third-order valence-electron chi connectivity index (χ3n) is 1.90. The van der Waals surface area contributed by atoms with Crippen molar-refractivity contribution in [3.8, 4) is 0 Å². The molecule has 1 unspecified atom stereocenters. The molecule has 0 radical (unpaired) electrons. The quantitative estimate of drug-likeness (QED) is 0.579. The summed E-state index contributed by atoms with van der Waals surface area (Å²) >= 11 is 1.81. The van der Waals surface area contributed by atoms with Crippen LogP contribution in [0, 0.1) is 0 Å². The molecule has 0 saturated carbocycles. The van der Waals surface area contributed by atoms with Gasteiger partial charge in [0.25, 0.3) is 0 Å². The van der Waals surface area contributed by atoms with E-state index in [9.17, 15) is 4.79 Å². The van der Waals surface area contributed by atoms with Gasteiger partial charge in [-0.2, -0.15) is 0 Å². The number of hydrogen-bond acceptors (Lipinski definition) is 3. The van der Waals surface area contributed by atoms with Crippen molar-refractivity contribution in [2.75, 3.05) is 6.61 Å². The van der Waals surface area contributed by atoms with Crippen molar-refractivity contribution in [1.82, 2.24) is 0 Å². The van der Waals surface area contributed by atoms with Crippen molar-refractivity contribution >= 4 is 26.4 Å². The molecule has 3 nitrogen and oxygen atoms in total. The number of halogens is 1. The molecule has 0 aromatic heterocycles. The number of rotatable bonds is 7. The van der Waals surface area contributed by atoms with Gasteiger partial charge in [0.15, 0.2) is 3.79 Å². The van der Waals surface area contributed by atoms with Gasteiger partial charge in [-0.05, 0) is 56.2 Å². The number of carbonyl (C=O) groups excluding carboxylic acids is 1. The van der Waals surface area contributed by atoms with Crippen LogP contribution in [-0.2, 0) is 9.53 Å². The van der Waals surface area contributed by atoms with Gasteiger partial charge in [0.1, 0.15) is 0 Å². The zero-order chi connectivity index (χ0) is 11.2. The highest BCUT2D eigenvalue weighted by atomic mass is 127. The second kappa shape index (κ2) is 6.74. The van der Waals surface area contributed by atoms with Gasteiger partial charge in [0, 0.05) is 18.6 Å². The number of nitrogens with two attached hydrogens (primary N) is 1. The van der Waals surface area contributed by atoms with Crippen LogP contribution in [-0.4, -0.2) is 22.0 Å². The van der Waals surface area contributed by atoms with E-state index in [2.05, 4.69) is 0 Å². The third kappa shape index (κ3) is 10.4. The van der Waals surface area contributed by atoms with Crippen LogP contribution in [0.2, 0.25) is 0 Å². The molecular formula is C10H20INO2. The van der Waals surface area contributed by atoms with E-state index >= 15 is 0 Å². The topological polar surface area (TPSA) is 52.3 Å². The summed E-state index contributed by atoms with van der Waals surface area (Å²) in [5, 5.41) is 0. The second-order valence-electron chi connectivity index (χ2n) is 4.31. The third-order valence-corrected chi connectivity index (χ3v) is 2.44. The second-order valence-corrected chi connectivity index (χ2v) is 5.52. The largest absolute Gasteiger partial charge is 0.378 e. The molecule has 1 atom stereocenters. The monoisotopic (exact) mass is 313 g/mol. The molecule has 0 bridgehead atoms. The first kappa shape index (κ1) is 14.3. The summed E-state index contributed by atoms with van der Waals surface area (Å²) in [5.74, 6) is 0. The van der Waals surface area contributed by atoms with Gasteiger partial charge >= 0.3 is 0 Å². The van der Waals surface area contributed by atoms with E-state index in [0.29, 0.717) is 13.0 Å². The Morgan fingerprint density at radius 3 is 2.57 bits per heavy atom. The summed E-state index contributed by atoms with van der Waals surface area (Å²) in [7, 11) is 0. The van der Waals surface area contributed by atoms with Crippen molar-refractivity contribution in [3.63, 3.8) is 0 Å². The minimum absolute atomic E-state index is 0.149. The minimum atomic E-state index is -0.168. The van der Waals surface area contributed by atoms with Gasteiger partial charge in [0.05, 0.1) is 6.10 Å². The Hall–Kier alpha value is 0.320. The maximum Gasteiger partial charge on any atom is 0.192 e. The van der Waals surface area contributed by atoms with Crippen LogP contribution in [0.5, 0.6) is 0 Å². The van der Waals surface area contributed by atoms with Crippen molar-refractivity contribution < 1.29 is 9.53 Å². The molecule has 0 rings (SSSR count). The molecule has 0 aromatic rings. The first-order chi connectivity index (χ1) is 6.31. The zero-order valence-electron chi connectivity index (χ0n) is 9.18. The average Bonchev–Trinajstić information content (AvgIpc) is 1.98. The fraction of sp³-hybridized carbons (Fsp3) is 0.900. The summed E-state index contributed by atoms with van der Waals surface area (Å²) in [6.45, 7) is 6.62. The lowest BCUT2D eigenvalue weighted by molar-refractivity contribution is -0.110. The summed E-state index contributed by atoms with van der Waals surface area (Å²) in [5.41, 5.74) is 5.64. The smallest absolute Gasteiger partial charge is 0.192 e. The minimum Gasteiger partial charge on any atom is -0.378 e. The van der Waals surface area contributed by atoms with E-state index in [1.54, 1.807) is 0 Å². The zero-order valence-corrected chi connectivity index (χ0v) is 11.3. The van der Waals surface area contributed by atoms with Crippen LogP contribution in [0.3, 0.4) is 0 Å². The highest BCUT2D eigenvalue weighted by molar-refractivity contribution is 14.1. The molecule has 0 heterocycles. The molecule has 0 aromatic carbocycles. The molecule has 84 valence electrons. The van der Waals surface area contributed by atoms with Gasteiger partial charge < -0.3 is 10.5 Å². The predicted molar refractivity (Wildman–Crippen MR) is 66.6 cm³/mol. The lowest BCUT2D eigenvalue weighted by Crippen LogP contribution is -2.33. The average molecular weight is 313 g/mol. The van der Waals surface area contributed by atoms with Crippen LogP contribution in [0.15, 0.2) is 0 Å². The first-order valence-corrected chi connectivity index (χ1v) is 5.98. The molecule has 0 aliphatic heterocycles. The summed E-state index contributed by atoms with van der Waals surface area (Å²) < 4.78 is 5.72. The Balaban J connectivity index is 3.45. The van der Waals surface area contributed by atoms with Crippen LogP contribution in [0.4, 0.5) is 0 Å². The molecule has 0 amide bonds. The van der Waals surface area contributed by atoms with E-state index < -0.39 is 0 Å². The SMILES string of the molecule is CC(CCC(=O)I)OCCC(C)(C)N. The molecule has 0 aliphatic carbocycles. The van der Waals surface area contributed by atoms with Crippen molar-refractivity contribution in [3.05, 3.63) is 0 Å². The van der Waals surface area contributed by atoms with Crippen LogP contribution < -0.4 is 5.73 Å². The van der Waals surface area contributed by atoms with E-state index in [1.165, 1.54) is 0 Å². The summed E-state index contributed by atoms with van der Waals surface area (Å²) in [4.78, 5) is 10.7. The fourth-order valence-electron chi connectivity index (χ4n) is 0.923. The Labute approximate surface area is 99.9 Å². The molecular weight excluding hydrogens is 293 g/mol. The normalized spacial score (nSPS) is 14.1. The number of hydrogen-bond donors (Lipinski definition) is 1. The van der Waals surface area contributed by atoms with Crippen molar-refractivity contribution in [2.45, 2.75) is 51.7 Å². The van der Waals surface area contributed by atoms with Gasteiger partial charge in [0.2, 0.25) is 0 Å². The maximum atomic E-state index is 10.7. The molecule has 0 fully saturated rings. The van der Waals surface area contributed by atoms with E-state index in [0.717, 1.165) is 12.8 Å². The van der Waals surface area contributed by atoms with Crippen LogP contribution in [0.1, 0.15) is 40.0 Å². The Morgan fingerprint density at radius 2 is 2.14 bits per heavy atom. The van der Waals surface area contributed by atoms with Gasteiger partial charge in [-0.3, -0.25) is 4.79 Å². The Morgan fingerprint density at radius 1 is 1.57 bits per heavy atom. The molecule has 2 N–H and O–H groups in total. The van der Waals surface area contributed by atoms with Crippen LogP contribution >= 0.6 is 22.6 Å². The molecule has 14 heavy (non-hydrogen) atoms. The Kier molecular flexibility index (Phi) is 6.89. The van der Waals surface area contributed by atoms with Gasteiger partial charge in [-0.15, -0.1) is 0 Å². The molecule has 4 heteroatoms. The summed E-state index contributed by atoms with van der Waals surface area (Å²) in [6.07, 6.45) is 2.38. The van der Waals surface area contributed by atoms with Gasteiger partial charge in [-0.1, -0.05) is 0 Å². The maximum absolute atomic E-state index is 10.7. The summed E-state index contributed by atoms with van der Waals surface area (Å²) in [6, 6.07) is 0. The standard InChI is InChI=1S/C10H20INO2/c1-8(4-5-9(11)13)14-7-6-10(2,3)12/h8H,4-7,12H2,1-3H3. The first-order valence-electron chi connectivity index (χ1n) is 4.90. The van der Waals surface area contributed by atoms with E-state index in [-0.39, 0.29) is 15.4 Å². The lowest BCUT2D eigenvalue weighted by Gasteiger charge is -2.20. The van der Waals surface area contributed by atoms with E-state index in [4.69, 9.17) is 10.5 Å². The fourth-order valence-corrected chi connectivity index (χ4v) is 1.23. The molecule has 0 saturated heterocycles. The highest BCUT2D eigenvalue weighted by Crippen LogP contribution is 2.08. The van der Waals surface area contributed by atoms with Crippen molar-refractivity contribution in [2.24, 2.45) is 5.73 Å². The predicted octanol–water partition coefficient (Wildman–Crippen LogP) is 2.26. The highest BCUT2D eigenvalue weighted by Gasteiger charge is 2.11. The van der Waals surface area contributed by atoms with Gasteiger partial charge in [-0.25, -0.2) is 0 Å². The van der Waals surface area contributed by atoms with Crippen molar-refractivity contribution in [1.29, 1.82) is 0 Å². The molecule has 0 aliphatic rings. The molecule has 0 spiro atoms. The Bertz CT molecular complexity index is 177. The lowest BCUT2D eigenvalue weighted by atomic mass is 10.0.